The number of nitrogens with one attached hydrogen (secondary N) is 1. The molecule has 2 N–H and O–H groups in total. The van der Waals surface area contributed by atoms with Crippen molar-refractivity contribution >= 4 is 0 Å². The first-order valence-electron chi connectivity index (χ1n) is 6.56. The van der Waals surface area contributed by atoms with Gasteiger partial charge in [0.05, 0.1) is 6.10 Å². The summed E-state index contributed by atoms with van der Waals surface area (Å²) >= 11 is 0. The van der Waals surface area contributed by atoms with Crippen LogP contribution in [0.25, 0.3) is 0 Å². The van der Waals surface area contributed by atoms with Crippen LogP contribution in [0.1, 0.15) is 45.2 Å². The number of rotatable bonds is 7. The van der Waals surface area contributed by atoms with Gasteiger partial charge in [-0.2, -0.15) is 0 Å². The smallest absolute Gasteiger partial charge is 0.0524 e. The Kier molecular flexibility index (Phi) is 6.23. The Bertz CT molecular complexity index is 295. The maximum absolute atomic E-state index is 9.28. The molecule has 0 radical (unpaired) electrons. The lowest BCUT2D eigenvalue weighted by Crippen LogP contribution is -2.25. The van der Waals surface area contributed by atoms with E-state index in [2.05, 4.69) is 43.4 Å². The number of hydrogen-bond donors (Lipinski definition) is 2. The number of hydrogen-bond acceptors (Lipinski definition) is 2. The number of aliphatic hydroxyl groups excluding tert-OH is 1. The summed E-state index contributed by atoms with van der Waals surface area (Å²) in [5.41, 5.74) is 1.34. The van der Waals surface area contributed by atoms with Gasteiger partial charge >= 0.3 is 0 Å². The van der Waals surface area contributed by atoms with Gasteiger partial charge in [0.2, 0.25) is 0 Å². The van der Waals surface area contributed by atoms with Gasteiger partial charge < -0.3 is 10.4 Å². The zero-order chi connectivity index (χ0) is 12.7. The molecule has 1 aromatic carbocycles. The molecule has 0 aromatic heterocycles. The summed E-state index contributed by atoms with van der Waals surface area (Å²) < 4.78 is 0. The molecule has 0 spiro atoms. The molecule has 2 unspecified atom stereocenters. The van der Waals surface area contributed by atoms with E-state index in [0.29, 0.717) is 12.0 Å². The van der Waals surface area contributed by atoms with Gasteiger partial charge in [-0.25, -0.2) is 0 Å². The second-order valence-electron chi connectivity index (χ2n) is 5.18. The van der Waals surface area contributed by atoms with Gasteiger partial charge in [0, 0.05) is 6.04 Å². The largest absolute Gasteiger partial charge is 0.393 e. The third kappa shape index (κ3) is 5.85. The molecule has 0 aliphatic carbocycles. The summed E-state index contributed by atoms with van der Waals surface area (Å²) in [4.78, 5) is 0. The van der Waals surface area contributed by atoms with Crippen molar-refractivity contribution in [2.45, 2.75) is 45.8 Å². The molecule has 2 nitrogen and oxygen atoms in total. The van der Waals surface area contributed by atoms with Crippen LogP contribution in [0.2, 0.25) is 0 Å². The van der Waals surface area contributed by atoms with Crippen LogP contribution in [-0.4, -0.2) is 17.8 Å². The van der Waals surface area contributed by atoms with E-state index in [4.69, 9.17) is 0 Å². The molecular formula is C15H25NO. The van der Waals surface area contributed by atoms with Crippen molar-refractivity contribution in [3.05, 3.63) is 35.9 Å². The van der Waals surface area contributed by atoms with Crippen LogP contribution in [0, 0.1) is 5.92 Å². The topological polar surface area (TPSA) is 32.3 Å². The van der Waals surface area contributed by atoms with Gasteiger partial charge in [-0.1, -0.05) is 44.2 Å². The van der Waals surface area contributed by atoms with Crippen LogP contribution in [0.5, 0.6) is 0 Å². The summed E-state index contributed by atoms with van der Waals surface area (Å²) in [5.74, 6) is 0.666. The quantitative estimate of drug-likeness (QED) is 0.761. The Labute approximate surface area is 105 Å². The standard InChI is InChI=1S/C15H25NO/c1-12(2)11-15(16-10-9-13(3)17)14-7-5-4-6-8-14/h4-8,12-13,15-17H,9-11H2,1-3H3. The molecule has 0 amide bonds. The van der Waals surface area contributed by atoms with E-state index in [-0.39, 0.29) is 6.10 Å². The average Bonchev–Trinajstić information content (AvgIpc) is 2.28. The molecule has 1 rings (SSSR count). The van der Waals surface area contributed by atoms with Gasteiger partial charge in [0.15, 0.2) is 0 Å². The van der Waals surface area contributed by atoms with E-state index in [1.54, 1.807) is 0 Å². The zero-order valence-corrected chi connectivity index (χ0v) is 11.2. The van der Waals surface area contributed by atoms with Crippen LogP contribution in [-0.2, 0) is 0 Å². The Morgan fingerprint density at radius 1 is 1.12 bits per heavy atom. The van der Waals surface area contributed by atoms with Gasteiger partial charge in [0.1, 0.15) is 0 Å². The van der Waals surface area contributed by atoms with Gasteiger partial charge in [-0.3, -0.25) is 0 Å². The Balaban J connectivity index is 2.55. The molecule has 0 aliphatic rings. The van der Waals surface area contributed by atoms with Crippen molar-refractivity contribution in [2.24, 2.45) is 5.92 Å². The minimum absolute atomic E-state index is 0.224. The highest BCUT2D eigenvalue weighted by Gasteiger charge is 2.12. The Morgan fingerprint density at radius 2 is 1.76 bits per heavy atom. The molecule has 96 valence electrons. The average molecular weight is 235 g/mol. The first-order valence-corrected chi connectivity index (χ1v) is 6.56. The van der Waals surface area contributed by atoms with Gasteiger partial charge in [-0.05, 0) is 37.8 Å². The van der Waals surface area contributed by atoms with Crippen molar-refractivity contribution in [1.29, 1.82) is 0 Å². The fourth-order valence-corrected chi connectivity index (χ4v) is 1.96. The predicted octanol–water partition coefficient (Wildman–Crippen LogP) is 3.13. The summed E-state index contributed by atoms with van der Waals surface area (Å²) in [6.07, 6.45) is 1.71. The lowest BCUT2D eigenvalue weighted by atomic mass is 9.97. The third-order valence-corrected chi connectivity index (χ3v) is 2.86. The first-order chi connectivity index (χ1) is 8.09. The summed E-state index contributed by atoms with van der Waals surface area (Å²) in [6, 6.07) is 10.9. The molecule has 0 saturated carbocycles. The highest BCUT2D eigenvalue weighted by Crippen LogP contribution is 2.20. The molecule has 0 saturated heterocycles. The molecule has 0 fully saturated rings. The van der Waals surface area contributed by atoms with E-state index in [1.165, 1.54) is 5.56 Å². The number of benzene rings is 1. The fraction of sp³-hybridized carbons (Fsp3) is 0.600. The van der Waals surface area contributed by atoms with E-state index in [9.17, 15) is 5.11 Å². The summed E-state index contributed by atoms with van der Waals surface area (Å²) in [5, 5.41) is 12.8. The minimum atomic E-state index is -0.224. The van der Waals surface area contributed by atoms with E-state index < -0.39 is 0 Å². The van der Waals surface area contributed by atoms with Crippen LogP contribution >= 0.6 is 0 Å². The minimum Gasteiger partial charge on any atom is -0.393 e. The van der Waals surface area contributed by atoms with Crippen molar-refractivity contribution < 1.29 is 5.11 Å². The van der Waals surface area contributed by atoms with Crippen LogP contribution in [0.3, 0.4) is 0 Å². The van der Waals surface area contributed by atoms with Crippen molar-refractivity contribution in [3.8, 4) is 0 Å². The molecule has 0 heterocycles. The van der Waals surface area contributed by atoms with Gasteiger partial charge in [-0.15, -0.1) is 0 Å². The van der Waals surface area contributed by atoms with Gasteiger partial charge in [0.25, 0.3) is 0 Å². The third-order valence-electron chi connectivity index (χ3n) is 2.86. The van der Waals surface area contributed by atoms with Crippen LogP contribution in [0.4, 0.5) is 0 Å². The monoisotopic (exact) mass is 235 g/mol. The Morgan fingerprint density at radius 3 is 2.29 bits per heavy atom. The van der Waals surface area contributed by atoms with Crippen molar-refractivity contribution in [2.75, 3.05) is 6.54 Å². The molecule has 0 aliphatic heterocycles. The normalized spacial score (nSPS) is 14.9. The summed E-state index contributed by atoms with van der Waals surface area (Å²) in [6.45, 7) is 7.18. The molecule has 2 atom stereocenters. The maximum atomic E-state index is 9.28. The predicted molar refractivity (Wildman–Crippen MR) is 72.9 cm³/mol. The zero-order valence-electron chi connectivity index (χ0n) is 11.2. The molecule has 0 bridgehead atoms. The second-order valence-corrected chi connectivity index (χ2v) is 5.18. The number of aliphatic hydroxyl groups is 1. The van der Waals surface area contributed by atoms with Crippen molar-refractivity contribution in [3.63, 3.8) is 0 Å². The lowest BCUT2D eigenvalue weighted by Gasteiger charge is -2.21. The molecular weight excluding hydrogens is 210 g/mol. The highest BCUT2D eigenvalue weighted by atomic mass is 16.3. The maximum Gasteiger partial charge on any atom is 0.0524 e. The SMILES string of the molecule is CC(C)CC(NCCC(C)O)c1ccccc1. The van der Waals surface area contributed by atoms with E-state index in [1.807, 2.05) is 13.0 Å². The van der Waals surface area contributed by atoms with Crippen LogP contribution in [0.15, 0.2) is 30.3 Å². The highest BCUT2D eigenvalue weighted by molar-refractivity contribution is 5.18. The second kappa shape index (κ2) is 7.46. The first kappa shape index (κ1) is 14.2. The Hall–Kier alpha value is -0.860. The molecule has 2 heteroatoms. The molecule has 17 heavy (non-hydrogen) atoms. The van der Waals surface area contributed by atoms with E-state index >= 15 is 0 Å². The lowest BCUT2D eigenvalue weighted by molar-refractivity contribution is 0.181. The fourth-order valence-electron chi connectivity index (χ4n) is 1.96. The van der Waals surface area contributed by atoms with E-state index in [0.717, 1.165) is 19.4 Å². The van der Waals surface area contributed by atoms with Crippen LogP contribution < -0.4 is 5.32 Å². The summed E-state index contributed by atoms with van der Waals surface area (Å²) in [7, 11) is 0. The van der Waals surface area contributed by atoms with Crippen molar-refractivity contribution in [1.82, 2.24) is 5.32 Å². The molecule has 1 aromatic rings.